The van der Waals surface area contributed by atoms with E-state index in [4.69, 9.17) is 82.7 Å². The fraction of sp³-hybridized carbons (Fsp3) is 0.326. The quantitative estimate of drug-likeness (QED) is 0.0229. The first-order valence-electron chi connectivity index (χ1n) is 35.6. The molecule has 15 unspecified atom stereocenters. The maximum Gasteiger partial charge on any atom is 0.338 e. The molecule has 0 saturated carbocycles. The fourth-order valence-corrected chi connectivity index (χ4v) is 12.8. The van der Waals surface area contributed by atoms with Gasteiger partial charge in [-0.3, -0.25) is 4.79 Å². The molecule has 15 atom stereocenters. The third-order valence-corrected chi connectivity index (χ3v) is 18.6. The van der Waals surface area contributed by atoms with Crippen molar-refractivity contribution in [2.24, 2.45) is 0 Å². The van der Waals surface area contributed by atoms with Gasteiger partial charge in [-0.25, -0.2) is 14.4 Å². The Morgan fingerprint density at radius 3 is 0.907 bits per heavy atom. The number of carbonyl (C=O) groups excluding carboxylic acids is 4. The molecule has 107 heavy (non-hydrogen) atoms. The van der Waals surface area contributed by atoms with Crippen LogP contribution in [0.4, 0.5) is 0 Å². The van der Waals surface area contributed by atoms with Gasteiger partial charge >= 0.3 is 23.9 Å². The van der Waals surface area contributed by atoms with Gasteiger partial charge < -0.3 is 76.2 Å². The van der Waals surface area contributed by atoms with Crippen molar-refractivity contribution in [3.8, 4) is 0 Å². The molecule has 0 aliphatic carbocycles. The Bertz CT molecular complexity index is 4190. The molecule has 3 saturated heterocycles. The average Bonchev–Trinajstić information content (AvgIpc) is 0.765. The highest BCUT2D eigenvalue weighted by atomic mass is 35.5. The maximum atomic E-state index is 15.4. The number of hydrogen-bond donors (Lipinski definition) is 1. The van der Waals surface area contributed by atoms with Crippen LogP contribution in [0.25, 0.3) is 0 Å². The van der Waals surface area contributed by atoms with Crippen molar-refractivity contribution in [3.05, 3.63) is 322 Å². The van der Waals surface area contributed by atoms with Gasteiger partial charge in [-0.15, -0.1) is 11.6 Å². The molecule has 0 spiro atoms. The number of aliphatic hydroxyl groups excluding tert-OH is 1. The molecule has 0 radical (unpaired) electrons. The Labute approximate surface area is 627 Å². The minimum Gasteiger partial charge on any atom is -0.456 e. The van der Waals surface area contributed by atoms with Crippen LogP contribution in [0, 0.1) is 20.8 Å². The highest BCUT2D eigenvalue weighted by molar-refractivity contribution is 6.26. The van der Waals surface area contributed by atoms with Crippen molar-refractivity contribution in [2.45, 2.75) is 153 Å². The molecule has 3 aliphatic rings. The number of hydrogen-bond acceptors (Lipinski definition) is 20. The molecule has 1 N–H and O–H groups in total. The molecule has 0 aromatic heterocycles. The van der Waals surface area contributed by atoms with Crippen molar-refractivity contribution < 1.29 is 95.3 Å². The second kappa shape index (κ2) is 39.0. The summed E-state index contributed by atoms with van der Waals surface area (Å²) in [6, 6.07) is 76.3. The lowest BCUT2D eigenvalue weighted by Crippen LogP contribution is -2.68. The van der Waals surface area contributed by atoms with Gasteiger partial charge in [0.2, 0.25) is 0 Å². The van der Waals surface area contributed by atoms with E-state index in [0.717, 1.165) is 33.4 Å². The molecule has 3 aliphatic heterocycles. The zero-order valence-electron chi connectivity index (χ0n) is 59.6. The van der Waals surface area contributed by atoms with Gasteiger partial charge in [-0.2, -0.15) is 0 Å². The molecule has 558 valence electrons. The summed E-state index contributed by atoms with van der Waals surface area (Å²) in [6.07, 6.45) is -22.9. The highest BCUT2D eigenvalue weighted by Crippen LogP contribution is 2.40. The number of rotatable bonds is 33. The Hall–Kier alpha value is -9.33. The molecule has 9 aromatic rings. The van der Waals surface area contributed by atoms with E-state index in [0.29, 0.717) is 16.7 Å². The second-order valence-corrected chi connectivity index (χ2v) is 26.7. The Morgan fingerprint density at radius 2 is 0.589 bits per heavy atom. The van der Waals surface area contributed by atoms with Crippen molar-refractivity contribution in [3.63, 3.8) is 0 Å². The molecule has 12 rings (SSSR count). The monoisotopic (exact) mass is 1470 g/mol. The SMILES string of the molecule is Cc1ccc(C(=O)OC2C(O)OC(COCc3ccccc3)C(OC3OC(COCc4ccccc4)C(OC4OC(COCc5ccccc5)C(OC(=O)CCl)C(OCc5ccccc5)C4OC(=O)c4ccc(C)cc4)C(OCc4ccccc4)C3OC(=O)c3ccc(C)cc3)C2OCc2ccccc2)cc1. The summed E-state index contributed by atoms with van der Waals surface area (Å²) >= 11 is 6.28. The first-order chi connectivity index (χ1) is 52.3. The zero-order valence-corrected chi connectivity index (χ0v) is 60.3. The summed E-state index contributed by atoms with van der Waals surface area (Å²) in [5, 5.41) is 12.4. The normalized spacial score (nSPS) is 24.2. The van der Waals surface area contributed by atoms with E-state index in [1.54, 1.807) is 72.8 Å². The van der Waals surface area contributed by atoms with Crippen LogP contribution < -0.4 is 0 Å². The van der Waals surface area contributed by atoms with Crippen molar-refractivity contribution in [2.75, 3.05) is 25.7 Å². The average molecular weight is 1480 g/mol. The van der Waals surface area contributed by atoms with Crippen molar-refractivity contribution in [1.29, 1.82) is 0 Å². The first-order valence-corrected chi connectivity index (χ1v) is 36.2. The first kappa shape index (κ1) is 77.3. The highest BCUT2D eigenvalue weighted by Gasteiger charge is 2.59. The largest absolute Gasteiger partial charge is 0.456 e. The third kappa shape index (κ3) is 21.7. The van der Waals surface area contributed by atoms with Gasteiger partial charge in [0.15, 0.2) is 43.3 Å². The second-order valence-electron chi connectivity index (χ2n) is 26.4. The number of esters is 4. The molecule has 3 fully saturated rings. The number of ether oxygens (including phenoxy) is 15. The van der Waals surface area contributed by atoms with E-state index < -0.39 is 122 Å². The van der Waals surface area contributed by atoms with Gasteiger partial charge in [0.1, 0.15) is 54.7 Å². The van der Waals surface area contributed by atoms with Crippen molar-refractivity contribution >= 4 is 35.5 Å². The van der Waals surface area contributed by atoms with E-state index in [-0.39, 0.29) is 76.2 Å². The van der Waals surface area contributed by atoms with Crippen LogP contribution in [0.3, 0.4) is 0 Å². The number of aliphatic hydroxyl groups is 1. The third-order valence-electron chi connectivity index (χ3n) is 18.4. The van der Waals surface area contributed by atoms with Crippen LogP contribution in [0.1, 0.15) is 81.1 Å². The summed E-state index contributed by atoms with van der Waals surface area (Å²) < 4.78 is 103. The molecule has 21 heteroatoms. The number of halogens is 1. The molecule has 9 aromatic carbocycles. The topological polar surface area (TPSA) is 227 Å². The lowest BCUT2D eigenvalue weighted by atomic mass is 9.95. The molecule has 20 nitrogen and oxygen atoms in total. The summed E-state index contributed by atoms with van der Waals surface area (Å²) in [7, 11) is 0. The molecular formula is C86H87ClO20. The number of alkyl halides is 1. The number of aryl methyl sites for hydroxylation is 3. The molecule has 0 bridgehead atoms. The standard InChI is InChI=1S/C86H87ClO20/c1-56-34-40-65(41-35-56)81(89)103-78-75(96-50-62-28-16-7-17-29-62)73(68(99-84(78)92)53-93-47-59-22-10-4-11-23-59)106-86-80(105-83(91)67-44-38-58(3)39-45-67)77(98-52-64-32-20-9-21-33-64)74(70(101-86)55-95-49-61-26-14-6-15-27-61)107-85-79(104-82(90)66-42-36-57(2)37-43-66)76(97-51-63-30-18-8-19-31-63)72(102-71(88)46-87)69(100-85)54-94-48-60-24-12-5-13-25-60/h4-45,68-70,72-80,84-86,92H,46-55H2,1-3H3. The van der Waals surface area contributed by atoms with Crippen LogP contribution in [-0.2, 0) is 115 Å². The Kier molecular flexibility index (Phi) is 28.2. The van der Waals surface area contributed by atoms with E-state index in [9.17, 15) is 14.7 Å². The lowest BCUT2D eigenvalue weighted by Gasteiger charge is -2.51. The van der Waals surface area contributed by atoms with Crippen LogP contribution in [0.5, 0.6) is 0 Å². The van der Waals surface area contributed by atoms with Gasteiger partial charge in [-0.05, 0) is 90.6 Å². The van der Waals surface area contributed by atoms with Crippen LogP contribution in [0.2, 0.25) is 0 Å². The van der Waals surface area contributed by atoms with Crippen LogP contribution in [0.15, 0.2) is 255 Å². The van der Waals surface area contributed by atoms with Crippen molar-refractivity contribution in [1.82, 2.24) is 0 Å². The summed E-state index contributed by atoms with van der Waals surface area (Å²) in [5.74, 6) is -3.89. The van der Waals surface area contributed by atoms with Gasteiger partial charge in [0.25, 0.3) is 0 Å². The number of benzene rings is 9. The molecule has 0 amide bonds. The van der Waals surface area contributed by atoms with E-state index in [2.05, 4.69) is 0 Å². The summed E-state index contributed by atoms with van der Waals surface area (Å²) in [6.45, 7) is 4.69. The predicted octanol–water partition coefficient (Wildman–Crippen LogP) is 13.1. The van der Waals surface area contributed by atoms with Gasteiger partial charge in [0, 0.05) is 0 Å². The minimum atomic E-state index is -1.84. The van der Waals surface area contributed by atoms with Crippen LogP contribution in [-0.4, -0.2) is 147 Å². The summed E-state index contributed by atoms with van der Waals surface area (Å²) in [5.41, 5.74) is 7.64. The van der Waals surface area contributed by atoms with Gasteiger partial charge in [-0.1, -0.05) is 235 Å². The van der Waals surface area contributed by atoms with Crippen LogP contribution >= 0.6 is 11.6 Å². The zero-order chi connectivity index (χ0) is 74.3. The van der Waals surface area contributed by atoms with E-state index in [1.807, 2.05) is 203 Å². The number of carbonyl (C=O) groups is 4. The summed E-state index contributed by atoms with van der Waals surface area (Å²) in [4.78, 5) is 58.8. The van der Waals surface area contributed by atoms with E-state index >= 15 is 9.59 Å². The van der Waals surface area contributed by atoms with Gasteiger partial charge in [0.05, 0.1) is 76.2 Å². The fourth-order valence-electron chi connectivity index (χ4n) is 12.7. The minimum absolute atomic E-state index is 0.0412. The molecule has 3 heterocycles. The lowest BCUT2D eigenvalue weighted by molar-refractivity contribution is -0.384. The smallest absolute Gasteiger partial charge is 0.338 e. The Balaban J connectivity index is 1.01. The maximum absolute atomic E-state index is 15.4. The predicted molar refractivity (Wildman–Crippen MR) is 393 cm³/mol. The Morgan fingerprint density at radius 1 is 0.318 bits per heavy atom. The van der Waals surface area contributed by atoms with E-state index in [1.165, 1.54) is 0 Å². The molecular weight excluding hydrogens is 1390 g/mol.